The molecule has 3 aromatic carbocycles. The summed E-state index contributed by atoms with van der Waals surface area (Å²) in [5.74, 6) is -2.33. The van der Waals surface area contributed by atoms with E-state index in [4.69, 9.17) is 0 Å². The zero-order chi connectivity index (χ0) is 22.6. The van der Waals surface area contributed by atoms with Crippen LogP contribution in [0.3, 0.4) is 0 Å². The summed E-state index contributed by atoms with van der Waals surface area (Å²) in [4.78, 5) is 27.2. The summed E-state index contributed by atoms with van der Waals surface area (Å²) in [6.45, 7) is 1.76. The van der Waals surface area contributed by atoms with Gasteiger partial charge in [-0.1, -0.05) is 75.2 Å². The van der Waals surface area contributed by atoms with E-state index in [2.05, 4.69) is 42.5 Å². The lowest BCUT2D eigenvalue weighted by Crippen LogP contribution is -2.60. The molecule has 2 N–H and O–H groups in total. The maximum absolute atomic E-state index is 15.4. The first-order valence-corrected chi connectivity index (χ1v) is 11.8. The second-order valence-electron chi connectivity index (χ2n) is 8.27. The van der Waals surface area contributed by atoms with E-state index < -0.39 is 29.1 Å². The molecule has 162 valence electrons. The first-order chi connectivity index (χ1) is 15.4. The molecule has 2 aliphatic heterocycles. The van der Waals surface area contributed by atoms with Crippen molar-refractivity contribution in [3.8, 4) is 0 Å². The summed E-state index contributed by atoms with van der Waals surface area (Å²) in [5.41, 5.74) is 1.27. The normalized spacial score (nSPS) is 26.6. The summed E-state index contributed by atoms with van der Waals surface area (Å²) in [6, 6.07) is 19.0. The molecular weight excluding hydrogens is 539 g/mol. The predicted octanol–water partition coefficient (Wildman–Crippen LogP) is 5.83. The molecule has 3 aromatic rings. The monoisotopic (exact) mass is 556 g/mol. The highest BCUT2D eigenvalue weighted by atomic mass is 79.9. The third-order valence-corrected chi connectivity index (χ3v) is 7.83. The summed E-state index contributed by atoms with van der Waals surface area (Å²) in [6.07, 6.45) is 0. The van der Waals surface area contributed by atoms with E-state index >= 15 is 4.39 Å². The number of rotatable bonds is 2. The molecule has 4 atom stereocenters. The molecule has 4 nitrogen and oxygen atoms in total. The Labute approximate surface area is 201 Å². The Morgan fingerprint density at radius 3 is 2.44 bits per heavy atom. The summed E-state index contributed by atoms with van der Waals surface area (Å²) in [7, 11) is 0. The number of anilines is 1. The van der Waals surface area contributed by atoms with Crippen molar-refractivity contribution in [1.82, 2.24) is 5.32 Å². The van der Waals surface area contributed by atoms with E-state index in [1.165, 1.54) is 6.07 Å². The van der Waals surface area contributed by atoms with Crippen LogP contribution in [0.5, 0.6) is 0 Å². The van der Waals surface area contributed by atoms with Gasteiger partial charge in [-0.2, -0.15) is 0 Å². The third kappa shape index (κ3) is 2.98. The van der Waals surface area contributed by atoms with Crippen molar-refractivity contribution in [3.63, 3.8) is 0 Å². The molecule has 2 heterocycles. The zero-order valence-electron chi connectivity index (χ0n) is 17.0. The SMILES string of the molecule is C[C@@H]1C(=O)N[C@H](c2ccccc2)[C@@]2(C(=O)Nc3ccc(Br)cc32)[C@H]1c1c(F)cccc1Br. The number of carbonyl (C=O) groups is 2. The van der Waals surface area contributed by atoms with Crippen LogP contribution >= 0.6 is 31.9 Å². The number of amides is 2. The predicted molar refractivity (Wildman–Crippen MR) is 128 cm³/mol. The second-order valence-corrected chi connectivity index (χ2v) is 10.0. The quantitative estimate of drug-likeness (QED) is 0.416. The van der Waals surface area contributed by atoms with Crippen molar-refractivity contribution in [3.05, 3.63) is 98.2 Å². The molecule has 0 bridgehead atoms. The van der Waals surface area contributed by atoms with Crippen LogP contribution in [0.4, 0.5) is 10.1 Å². The number of hydrogen-bond acceptors (Lipinski definition) is 2. The van der Waals surface area contributed by atoms with Gasteiger partial charge in [0.2, 0.25) is 11.8 Å². The van der Waals surface area contributed by atoms with E-state index in [1.54, 1.807) is 19.1 Å². The van der Waals surface area contributed by atoms with Crippen molar-refractivity contribution in [1.29, 1.82) is 0 Å². The highest BCUT2D eigenvalue weighted by Crippen LogP contribution is 2.60. The van der Waals surface area contributed by atoms with Crippen LogP contribution < -0.4 is 10.6 Å². The fourth-order valence-electron chi connectivity index (χ4n) is 5.30. The molecule has 0 aliphatic carbocycles. The smallest absolute Gasteiger partial charge is 0.238 e. The number of benzene rings is 3. The van der Waals surface area contributed by atoms with Gasteiger partial charge in [0, 0.05) is 32.0 Å². The lowest BCUT2D eigenvalue weighted by atomic mass is 9.56. The number of halogens is 3. The topological polar surface area (TPSA) is 58.2 Å². The van der Waals surface area contributed by atoms with Crippen molar-refractivity contribution >= 4 is 49.4 Å². The minimum Gasteiger partial charge on any atom is -0.348 e. The minimum atomic E-state index is -1.25. The van der Waals surface area contributed by atoms with Crippen LogP contribution in [0.25, 0.3) is 0 Å². The van der Waals surface area contributed by atoms with Gasteiger partial charge in [0.1, 0.15) is 11.2 Å². The fraction of sp³-hybridized carbons (Fsp3) is 0.200. The van der Waals surface area contributed by atoms with Gasteiger partial charge in [-0.25, -0.2) is 4.39 Å². The average molecular weight is 558 g/mol. The maximum atomic E-state index is 15.4. The largest absolute Gasteiger partial charge is 0.348 e. The number of hydrogen-bond donors (Lipinski definition) is 2. The fourth-order valence-corrected chi connectivity index (χ4v) is 6.25. The number of nitrogens with one attached hydrogen (secondary N) is 2. The first-order valence-electron chi connectivity index (χ1n) is 10.3. The molecule has 7 heteroatoms. The number of piperidine rings is 1. The number of carbonyl (C=O) groups excluding carboxylic acids is 2. The lowest BCUT2D eigenvalue weighted by molar-refractivity contribution is -0.135. The lowest BCUT2D eigenvalue weighted by Gasteiger charge is -2.49. The Morgan fingerprint density at radius 1 is 0.969 bits per heavy atom. The summed E-state index contributed by atoms with van der Waals surface area (Å²) < 4.78 is 16.7. The maximum Gasteiger partial charge on any atom is 0.238 e. The molecule has 32 heavy (non-hydrogen) atoms. The van der Waals surface area contributed by atoms with Gasteiger partial charge in [0.25, 0.3) is 0 Å². The first kappa shape index (κ1) is 21.3. The Kier molecular flexibility index (Phi) is 5.21. The van der Waals surface area contributed by atoms with Crippen molar-refractivity contribution in [2.24, 2.45) is 5.92 Å². The van der Waals surface area contributed by atoms with Crippen LogP contribution in [-0.2, 0) is 15.0 Å². The molecule has 2 aliphatic rings. The van der Waals surface area contributed by atoms with Crippen LogP contribution in [0.1, 0.15) is 35.6 Å². The van der Waals surface area contributed by atoms with Crippen LogP contribution in [0, 0.1) is 11.7 Å². The Bertz CT molecular complexity index is 1230. The standard InChI is InChI=1S/C25H19Br2FN2O2/c1-13-21(20-17(27)8-5-9-18(20)28)25(16-12-15(26)10-11-19(16)29-24(25)32)22(30-23(13)31)14-6-3-2-4-7-14/h2-13,21-22H,1H3,(H,29,32)(H,30,31)/t13-,21+,22+,25-/m0/s1. The zero-order valence-corrected chi connectivity index (χ0v) is 20.2. The van der Waals surface area contributed by atoms with Gasteiger partial charge in [-0.05, 0) is 41.5 Å². The van der Waals surface area contributed by atoms with Crippen molar-refractivity contribution in [2.45, 2.75) is 24.3 Å². The molecule has 1 fully saturated rings. The molecule has 0 aromatic heterocycles. The van der Waals surface area contributed by atoms with E-state index in [-0.39, 0.29) is 11.8 Å². The third-order valence-electron chi connectivity index (χ3n) is 6.64. The molecule has 1 saturated heterocycles. The van der Waals surface area contributed by atoms with E-state index in [0.717, 1.165) is 15.6 Å². The Hall–Kier alpha value is -2.51. The van der Waals surface area contributed by atoms with Gasteiger partial charge in [0.15, 0.2) is 0 Å². The Morgan fingerprint density at radius 2 is 1.72 bits per heavy atom. The molecular formula is C25H19Br2FN2O2. The molecule has 0 saturated carbocycles. The molecule has 5 rings (SSSR count). The number of fused-ring (bicyclic) bond motifs is 2. The van der Waals surface area contributed by atoms with E-state index in [9.17, 15) is 9.59 Å². The molecule has 1 spiro atoms. The van der Waals surface area contributed by atoms with Gasteiger partial charge < -0.3 is 10.6 Å². The summed E-state index contributed by atoms with van der Waals surface area (Å²) >= 11 is 7.03. The van der Waals surface area contributed by atoms with Gasteiger partial charge in [-0.3, -0.25) is 9.59 Å². The van der Waals surface area contributed by atoms with Crippen molar-refractivity contribution in [2.75, 3.05) is 5.32 Å². The average Bonchev–Trinajstić information content (AvgIpc) is 3.05. The van der Waals surface area contributed by atoms with Gasteiger partial charge in [0.05, 0.1) is 6.04 Å². The molecule has 2 amide bonds. The van der Waals surface area contributed by atoms with Crippen LogP contribution in [-0.4, -0.2) is 11.8 Å². The summed E-state index contributed by atoms with van der Waals surface area (Å²) in [5, 5.41) is 6.10. The van der Waals surface area contributed by atoms with Crippen LogP contribution in [0.2, 0.25) is 0 Å². The highest BCUT2D eigenvalue weighted by molar-refractivity contribution is 9.10. The highest BCUT2D eigenvalue weighted by Gasteiger charge is 2.64. The minimum absolute atomic E-state index is 0.221. The molecule has 0 radical (unpaired) electrons. The molecule has 0 unspecified atom stereocenters. The van der Waals surface area contributed by atoms with Gasteiger partial charge >= 0.3 is 0 Å². The second kappa shape index (κ2) is 7.81. The van der Waals surface area contributed by atoms with E-state index in [1.807, 2.05) is 48.5 Å². The van der Waals surface area contributed by atoms with E-state index in [0.29, 0.717) is 15.7 Å². The Balaban J connectivity index is 1.89. The van der Waals surface area contributed by atoms with Gasteiger partial charge in [-0.15, -0.1) is 0 Å². The van der Waals surface area contributed by atoms with Crippen LogP contribution in [0.15, 0.2) is 75.7 Å². The van der Waals surface area contributed by atoms with Crippen molar-refractivity contribution < 1.29 is 14.0 Å².